The van der Waals surface area contributed by atoms with Gasteiger partial charge >= 0.3 is 5.69 Å². The molecule has 3 aromatic rings. The summed E-state index contributed by atoms with van der Waals surface area (Å²) in [4.78, 5) is 16.5. The molecule has 1 aromatic heterocycles. The standard InChI is InChI=1S/C24H33N5O2Si/c1-24(2,3)32(4,5)31-22-12-10-20(11-13-22)28-16-14-27(15-17-28)19-6-8-21(9-7-19)29-18-25-26-23(29)30/h6-13,18H,14-17H2,1-5H3,(H,26,30). The van der Waals surface area contributed by atoms with E-state index in [2.05, 4.69) is 90.3 Å². The van der Waals surface area contributed by atoms with Crippen molar-refractivity contribution in [2.45, 2.75) is 38.9 Å². The van der Waals surface area contributed by atoms with Gasteiger partial charge in [-0.05, 0) is 66.7 Å². The van der Waals surface area contributed by atoms with Crippen molar-refractivity contribution in [2.75, 3.05) is 36.0 Å². The number of rotatable bonds is 5. The lowest BCUT2D eigenvalue weighted by Gasteiger charge is -2.38. The number of nitrogens with zero attached hydrogens (tertiary/aromatic N) is 4. The predicted octanol–water partition coefficient (Wildman–Crippen LogP) is 4.27. The Morgan fingerprint density at radius 3 is 1.75 bits per heavy atom. The van der Waals surface area contributed by atoms with Gasteiger partial charge in [0.25, 0.3) is 0 Å². The number of nitrogens with one attached hydrogen (secondary N) is 1. The van der Waals surface area contributed by atoms with Crippen LogP contribution in [0.3, 0.4) is 0 Å². The topological polar surface area (TPSA) is 66.4 Å². The summed E-state index contributed by atoms with van der Waals surface area (Å²) in [6.45, 7) is 15.2. The Kier molecular flexibility index (Phi) is 5.90. The van der Waals surface area contributed by atoms with Crippen molar-refractivity contribution in [3.8, 4) is 11.4 Å². The summed E-state index contributed by atoms with van der Waals surface area (Å²) in [7, 11) is -1.82. The van der Waals surface area contributed by atoms with E-state index in [9.17, 15) is 4.79 Å². The van der Waals surface area contributed by atoms with Crippen LogP contribution in [0, 0.1) is 0 Å². The molecule has 32 heavy (non-hydrogen) atoms. The zero-order chi connectivity index (χ0) is 22.9. The Balaban J connectivity index is 1.35. The molecule has 0 saturated carbocycles. The van der Waals surface area contributed by atoms with Crippen molar-refractivity contribution in [2.24, 2.45) is 0 Å². The highest BCUT2D eigenvalue weighted by molar-refractivity contribution is 6.74. The summed E-state index contributed by atoms with van der Waals surface area (Å²) in [5.74, 6) is 0.968. The molecular formula is C24H33N5O2Si. The highest BCUT2D eigenvalue weighted by atomic mass is 28.4. The highest BCUT2D eigenvalue weighted by Crippen LogP contribution is 2.37. The summed E-state index contributed by atoms with van der Waals surface area (Å²) in [6, 6.07) is 16.6. The second-order valence-corrected chi connectivity index (χ2v) is 14.6. The van der Waals surface area contributed by atoms with Gasteiger partial charge in [0.1, 0.15) is 12.1 Å². The van der Waals surface area contributed by atoms with Crippen LogP contribution >= 0.6 is 0 Å². The molecule has 1 aliphatic heterocycles. The van der Waals surface area contributed by atoms with E-state index in [1.54, 1.807) is 0 Å². The van der Waals surface area contributed by atoms with E-state index in [1.807, 2.05) is 12.1 Å². The summed E-state index contributed by atoms with van der Waals surface area (Å²) in [5.41, 5.74) is 2.99. The first-order valence-corrected chi connectivity index (χ1v) is 14.1. The lowest BCUT2D eigenvalue weighted by molar-refractivity contribution is 0.492. The smallest absolute Gasteiger partial charge is 0.347 e. The number of hydrogen-bond acceptors (Lipinski definition) is 5. The molecule has 4 rings (SSSR count). The SMILES string of the molecule is CC(C)(C)[Si](C)(C)Oc1ccc(N2CCN(c3ccc(-n4cn[nH]c4=O)cc3)CC2)cc1. The summed E-state index contributed by atoms with van der Waals surface area (Å²) < 4.78 is 7.91. The Bertz CT molecular complexity index is 1090. The predicted molar refractivity (Wildman–Crippen MR) is 133 cm³/mol. The van der Waals surface area contributed by atoms with E-state index in [0.717, 1.165) is 37.6 Å². The summed E-state index contributed by atoms with van der Waals surface area (Å²) in [5, 5.41) is 6.40. The molecule has 7 nitrogen and oxygen atoms in total. The van der Waals surface area contributed by atoms with E-state index in [-0.39, 0.29) is 10.7 Å². The monoisotopic (exact) mass is 451 g/mol. The first kappa shape index (κ1) is 22.2. The minimum absolute atomic E-state index is 0.189. The maximum absolute atomic E-state index is 11.7. The van der Waals surface area contributed by atoms with Crippen molar-refractivity contribution in [3.05, 3.63) is 65.3 Å². The maximum atomic E-state index is 11.7. The van der Waals surface area contributed by atoms with Gasteiger partial charge in [-0.3, -0.25) is 0 Å². The molecule has 1 fully saturated rings. The molecule has 2 aromatic carbocycles. The second kappa shape index (κ2) is 8.50. The number of benzene rings is 2. The second-order valence-electron chi connectivity index (χ2n) is 9.88. The first-order valence-electron chi connectivity index (χ1n) is 11.2. The molecule has 1 aliphatic rings. The molecule has 0 amide bonds. The quantitative estimate of drug-likeness (QED) is 0.587. The van der Waals surface area contributed by atoms with Crippen molar-refractivity contribution in [3.63, 3.8) is 0 Å². The van der Waals surface area contributed by atoms with Gasteiger partial charge in [-0.25, -0.2) is 14.5 Å². The van der Waals surface area contributed by atoms with E-state index in [0.29, 0.717) is 0 Å². The van der Waals surface area contributed by atoms with Gasteiger partial charge in [0, 0.05) is 37.6 Å². The molecule has 0 aliphatic carbocycles. The van der Waals surface area contributed by atoms with Gasteiger partial charge in [-0.1, -0.05) is 20.8 Å². The first-order chi connectivity index (χ1) is 15.1. The van der Waals surface area contributed by atoms with Crippen LogP contribution < -0.4 is 19.9 Å². The summed E-state index contributed by atoms with van der Waals surface area (Å²) >= 11 is 0. The number of aromatic nitrogens is 3. The number of piperazine rings is 1. The molecule has 8 heteroatoms. The average molecular weight is 452 g/mol. The van der Waals surface area contributed by atoms with E-state index in [4.69, 9.17) is 4.43 Å². The van der Waals surface area contributed by atoms with Crippen LogP contribution in [-0.2, 0) is 0 Å². The Labute approximate surface area is 190 Å². The van der Waals surface area contributed by atoms with Gasteiger partial charge in [0.2, 0.25) is 8.32 Å². The lowest BCUT2D eigenvalue weighted by atomic mass is 10.2. The fraction of sp³-hybridized carbons (Fsp3) is 0.417. The van der Waals surface area contributed by atoms with Gasteiger partial charge in [-0.2, -0.15) is 5.10 Å². The number of anilines is 2. The summed E-state index contributed by atoms with van der Waals surface area (Å²) in [6.07, 6.45) is 1.50. The van der Waals surface area contributed by atoms with Crippen LogP contribution in [0.5, 0.6) is 5.75 Å². The third kappa shape index (κ3) is 4.60. The van der Waals surface area contributed by atoms with Crippen LogP contribution in [0.25, 0.3) is 5.69 Å². The van der Waals surface area contributed by atoms with Crippen molar-refractivity contribution in [1.82, 2.24) is 14.8 Å². The Morgan fingerprint density at radius 1 is 0.844 bits per heavy atom. The lowest BCUT2D eigenvalue weighted by Crippen LogP contribution is -2.46. The van der Waals surface area contributed by atoms with Gasteiger partial charge < -0.3 is 14.2 Å². The normalized spacial score (nSPS) is 15.2. The zero-order valence-corrected chi connectivity index (χ0v) is 20.6. The van der Waals surface area contributed by atoms with Crippen molar-refractivity contribution >= 4 is 19.7 Å². The van der Waals surface area contributed by atoms with Crippen molar-refractivity contribution < 1.29 is 4.43 Å². The van der Waals surface area contributed by atoms with E-state index in [1.165, 1.54) is 22.3 Å². The highest BCUT2D eigenvalue weighted by Gasteiger charge is 2.38. The molecule has 0 radical (unpaired) electrons. The van der Waals surface area contributed by atoms with Crippen LogP contribution in [0.4, 0.5) is 11.4 Å². The number of aromatic amines is 1. The Hall–Kier alpha value is -3.00. The molecule has 0 atom stereocenters. The van der Waals surface area contributed by atoms with Crippen molar-refractivity contribution in [1.29, 1.82) is 0 Å². The average Bonchev–Trinajstić information content (AvgIpc) is 3.19. The van der Waals surface area contributed by atoms with Crippen LogP contribution in [-0.4, -0.2) is 49.3 Å². The molecule has 1 saturated heterocycles. The Morgan fingerprint density at radius 2 is 1.31 bits per heavy atom. The minimum Gasteiger partial charge on any atom is -0.544 e. The third-order valence-corrected chi connectivity index (χ3v) is 11.1. The van der Waals surface area contributed by atoms with Crippen LogP contribution in [0.15, 0.2) is 59.7 Å². The molecule has 2 heterocycles. The molecule has 0 spiro atoms. The largest absolute Gasteiger partial charge is 0.544 e. The fourth-order valence-electron chi connectivity index (χ4n) is 3.65. The fourth-order valence-corrected chi connectivity index (χ4v) is 4.68. The minimum atomic E-state index is -1.82. The van der Waals surface area contributed by atoms with Crippen LogP contribution in [0.2, 0.25) is 18.1 Å². The number of hydrogen-bond donors (Lipinski definition) is 1. The molecule has 170 valence electrons. The third-order valence-electron chi connectivity index (χ3n) is 6.71. The van der Waals surface area contributed by atoms with Gasteiger partial charge in [-0.15, -0.1) is 0 Å². The van der Waals surface area contributed by atoms with Crippen LogP contribution in [0.1, 0.15) is 20.8 Å². The maximum Gasteiger partial charge on any atom is 0.347 e. The molecule has 1 N–H and O–H groups in total. The van der Waals surface area contributed by atoms with E-state index < -0.39 is 8.32 Å². The van der Waals surface area contributed by atoms with Gasteiger partial charge in [0.15, 0.2) is 0 Å². The molecular weight excluding hydrogens is 418 g/mol. The zero-order valence-electron chi connectivity index (χ0n) is 19.6. The van der Waals surface area contributed by atoms with E-state index >= 15 is 0 Å². The number of H-pyrrole nitrogens is 1. The molecule has 0 bridgehead atoms. The molecule has 0 unspecified atom stereocenters. The van der Waals surface area contributed by atoms with Gasteiger partial charge in [0.05, 0.1) is 5.69 Å².